The normalized spacial score (nSPS) is 11.9. The van der Waals surface area contributed by atoms with E-state index < -0.39 is 8.07 Å². The molecule has 0 amide bonds. The lowest BCUT2D eigenvalue weighted by Gasteiger charge is -2.34. The number of aromatic nitrogens is 1. The molecular formula is C72H48N2OSi. The van der Waals surface area contributed by atoms with Gasteiger partial charge < -0.3 is 13.7 Å². The monoisotopic (exact) mass is 984 g/mol. The van der Waals surface area contributed by atoms with Gasteiger partial charge in [0.15, 0.2) is 8.07 Å². The molecule has 3 nitrogen and oxygen atoms in total. The molecule has 0 N–H and O–H groups in total. The summed E-state index contributed by atoms with van der Waals surface area (Å²) < 4.78 is 8.64. The van der Waals surface area contributed by atoms with Gasteiger partial charge in [-0.2, -0.15) is 0 Å². The number of rotatable bonds is 10. The maximum atomic E-state index is 6.18. The van der Waals surface area contributed by atoms with Crippen molar-refractivity contribution in [2.75, 3.05) is 4.90 Å². The maximum absolute atomic E-state index is 6.18. The average molecular weight is 985 g/mol. The van der Waals surface area contributed by atoms with Gasteiger partial charge in [-0.3, -0.25) is 0 Å². The van der Waals surface area contributed by atoms with Gasteiger partial charge in [0.25, 0.3) is 0 Å². The number of hydrogen-bond donors (Lipinski definition) is 0. The van der Waals surface area contributed by atoms with Gasteiger partial charge >= 0.3 is 0 Å². The number of hydrogen-bond acceptors (Lipinski definition) is 2. The lowest BCUT2D eigenvalue weighted by molar-refractivity contribution is 0.669. The number of fused-ring (bicyclic) bond motifs is 9. The molecule has 0 saturated heterocycles. The summed E-state index contributed by atoms with van der Waals surface area (Å²) in [7, 11) is -2.64. The Bertz CT molecular complexity index is 4490. The number of benzene rings is 12. The van der Waals surface area contributed by atoms with Crippen LogP contribution in [-0.2, 0) is 0 Å². The lowest BCUT2D eigenvalue weighted by Crippen LogP contribution is -2.74. The molecule has 0 unspecified atom stereocenters. The Morgan fingerprint density at radius 1 is 0.263 bits per heavy atom. The molecule has 0 aliphatic carbocycles. The van der Waals surface area contributed by atoms with Crippen molar-refractivity contribution >= 4 is 106 Å². The molecule has 356 valence electrons. The fourth-order valence-corrected chi connectivity index (χ4v) is 17.1. The lowest BCUT2D eigenvalue weighted by atomic mass is 10.0. The van der Waals surface area contributed by atoms with Gasteiger partial charge in [0.1, 0.15) is 11.2 Å². The van der Waals surface area contributed by atoms with Crippen molar-refractivity contribution in [3.05, 3.63) is 291 Å². The van der Waals surface area contributed by atoms with Crippen LogP contribution in [0.15, 0.2) is 296 Å². The first-order chi connectivity index (χ1) is 37.7. The van der Waals surface area contributed by atoms with E-state index in [1.54, 1.807) is 0 Å². The molecule has 15 aromatic rings. The van der Waals surface area contributed by atoms with Crippen molar-refractivity contribution in [1.82, 2.24) is 4.40 Å². The second-order valence-electron chi connectivity index (χ2n) is 20.0. The van der Waals surface area contributed by atoms with Crippen LogP contribution < -0.4 is 25.6 Å². The molecule has 0 bridgehead atoms. The predicted octanol–water partition coefficient (Wildman–Crippen LogP) is 16.6. The van der Waals surface area contributed by atoms with Gasteiger partial charge in [0, 0.05) is 49.4 Å². The molecule has 0 saturated carbocycles. The summed E-state index contributed by atoms with van der Waals surface area (Å²) in [6, 6.07) is 107. The first kappa shape index (κ1) is 43.8. The third-order valence-corrected chi connectivity index (χ3v) is 20.7. The third kappa shape index (κ3) is 6.96. The third-order valence-electron chi connectivity index (χ3n) is 15.9. The summed E-state index contributed by atoms with van der Waals surface area (Å²) in [6.07, 6.45) is 0. The van der Waals surface area contributed by atoms with Gasteiger partial charge in [-0.05, 0) is 121 Å². The fourth-order valence-electron chi connectivity index (χ4n) is 12.3. The average Bonchev–Trinajstić information content (AvgIpc) is 4.24. The van der Waals surface area contributed by atoms with E-state index in [0.29, 0.717) is 0 Å². The molecule has 12 aromatic carbocycles. The molecule has 3 aromatic heterocycles. The Morgan fingerprint density at radius 3 is 1.22 bits per heavy atom. The zero-order chi connectivity index (χ0) is 50.2. The Labute approximate surface area is 441 Å². The van der Waals surface area contributed by atoms with Crippen molar-refractivity contribution in [3.8, 4) is 33.4 Å². The van der Waals surface area contributed by atoms with Gasteiger partial charge in [-0.25, -0.2) is 0 Å². The van der Waals surface area contributed by atoms with Crippen LogP contribution in [0.25, 0.3) is 93.4 Å². The zero-order valence-electron chi connectivity index (χ0n) is 41.5. The zero-order valence-corrected chi connectivity index (χ0v) is 42.5. The smallest absolute Gasteiger partial charge is 0.179 e. The Kier molecular flexibility index (Phi) is 10.2. The molecular weight excluding hydrogens is 937 g/mol. The van der Waals surface area contributed by atoms with E-state index in [1.165, 1.54) is 81.1 Å². The topological polar surface area (TPSA) is 20.8 Å². The van der Waals surface area contributed by atoms with Crippen LogP contribution >= 0.6 is 0 Å². The molecule has 4 heteroatoms. The van der Waals surface area contributed by atoms with Crippen LogP contribution in [0, 0.1) is 0 Å². The van der Waals surface area contributed by atoms with Crippen LogP contribution in [0.3, 0.4) is 0 Å². The summed E-state index contributed by atoms with van der Waals surface area (Å²) in [5, 5.41) is 12.9. The largest absolute Gasteiger partial charge is 0.456 e. The van der Waals surface area contributed by atoms with E-state index in [-0.39, 0.29) is 0 Å². The minimum Gasteiger partial charge on any atom is -0.456 e. The predicted molar refractivity (Wildman–Crippen MR) is 323 cm³/mol. The molecule has 0 fully saturated rings. The van der Waals surface area contributed by atoms with Gasteiger partial charge in [0.2, 0.25) is 0 Å². The molecule has 0 aliphatic rings. The van der Waals surface area contributed by atoms with E-state index in [0.717, 1.165) is 50.1 Å². The van der Waals surface area contributed by atoms with Gasteiger partial charge in [-0.1, -0.05) is 224 Å². The van der Waals surface area contributed by atoms with Crippen LogP contribution in [0.2, 0.25) is 0 Å². The van der Waals surface area contributed by atoms with Gasteiger partial charge in [-0.15, -0.1) is 0 Å². The Hall–Kier alpha value is -9.74. The number of para-hydroxylation sites is 3. The highest BCUT2D eigenvalue weighted by molar-refractivity contribution is 7.19. The molecule has 0 spiro atoms. The summed E-state index contributed by atoms with van der Waals surface area (Å²) in [5.74, 6) is 0. The second kappa shape index (κ2) is 17.7. The summed E-state index contributed by atoms with van der Waals surface area (Å²) in [6.45, 7) is 0. The molecule has 76 heavy (non-hydrogen) atoms. The SMILES string of the molecule is c1ccc([Si](c2ccccc2)(c2ccccc2)c2ccc(-c3ccc(N(c4ccc(-c5ccc6oc7ccccc7c6c5)cc4)c4ccc(-c5ccc6c7cccc8c9ccccc9n(c6c5)c87)cc4)cc3)cc2)cc1. The molecule has 0 atom stereocenters. The van der Waals surface area contributed by atoms with E-state index in [1.807, 2.05) is 12.1 Å². The summed E-state index contributed by atoms with van der Waals surface area (Å²) in [5.41, 5.74) is 15.8. The first-order valence-corrected chi connectivity index (χ1v) is 28.1. The van der Waals surface area contributed by atoms with Crippen molar-refractivity contribution in [2.45, 2.75) is 0 Å². The minimum absolute atomic E-state index is 0.901. The number of nitrogens with zero attached hydrogens (tertiary/aromatic N) is 2. The van der Waals surface area contributed by atoms with Crippen LogP contribution in [-0.4, -0.2) is 12.5 Å². The highest BCUT2D eigenvalue weighted by Gasteiger charge is 2.41. The molecule has 0 aliphatic heterocycles. The quantitative estimate of drug-likeness (QED) is 0.101. The fraction of sp³-hybridized carbons (Fsp3) is 0. The Morgan fingerprint density at radius 2 is 0.658 bits per heavy atom. The summed E-state index contributed by atoms with van der Waals surface area (Å²) >= 11 is 0. The van der Waals surface area contributed by atoms with Crippen molar-refractivity contribution < 1.29 is 4.42 Å². The minimum atomic E-state index is -2.64. The summed E-state index contributed by atoms with van der Waals surface area (Å²) in [4.78, 5) is 2.37. The highest BCUT2D eigenvalue weighted by atomic mass is 28.3. The van der Waals surface area contributed by atoms with Gasteiger partial charge in [0.05, 0.1) is 16.6 Å². The Balaban J connectivity index is 0.803. The van der Waals surface area contributed by atoms with E-state index in [4.69, 9.17) is 4.42 Å². The maximum Gasteiger partial charge on any atom is 0.179 e. The van der Waals surface area contributed by atoms with Crippen LogP contribution in [0.5, 0.6) is 0 Å². The highest BCUT2D eigenvalue weighted by Crippen LogP contribution is 2.42. The first-order valence-electron chi connectivity index (χ1n) is 26.1. The second-order valence-corrected chi connectivity index (χ2v) is 23.8. The molecule has 0 radical (unpaired) electrons. The van der Waals surface area contributed by atoms with Crippen molar-refractivity contribution in [1.29, 1.82) is 0 Å². The molecule has 3 heterocycles. The van der Waals surface area contributed by atoms with Crippen molar-refractivity contribution in [2.24, 2.45) is 0 Å². The number of anilines is 3. The van der Waals surface area contributed by atoms with E-state index in [9.17, 15) is 0 Å². The van der Waals surface area contributed by atoms with Crippen molar-refractivity contribution in [3.63, 3.8) is 0 Å². The molecule has 15 rings (SSSR count). The van der Waals surface area contributed by atoms with Crippen LogP contribution in [0.1, 0.15) is 0 Å². The number of furan rings is 1. The van der Waals surface area contributed by atoms with Crippen LogP contribution in [0.4, 0.5) is 17.1 Å². The van der Waals surface area contributed by atoms with E-state index in [2.05, 4.69) is 288 Å². The van der Waals surface area contributed by atoms with E-state index >= 15 is 0 Å². The standard InChI is InChI=1S/C72H48N2OSi/c1-4-15-58(16-5-1)76(59-17-6-2-7-18-59,60-19-8-3-9-20-60)61-43-33-50(34-44-61)49-27-37-55(38-28-49)73(56-39-29-51(30-40-56)53-36-46-71-67(47-53)64-22-11-13-26-70(64)75-71)57-41-31-52(32-42-57)54-35-45-63-66-24-14-23-65-62-21-10-12-25-68(62)74(72(65)66)69(63)48-54/h1-48H.